The van der Waals surface area contributed by atoms with E-state index in [1.54, 1.807) is 36.6 Å². The number of nitrogens with zero attached hydrogens (tertiary/aromatic N) is 1. The van der Waals surface area contributed by atoms with Gasteiger partial charge in [0.25, 0.3) is 5.91 Å². The van der Waals surface area contributed by atoms with Crippen molar-refractivity contribution in [2.75, 3.05) is 23.3 Å². The zero-order valence-corrected chi connectivity index (χ0v) is 17.6. The van der Waals surface area contributed by atoms with E-state index in [-0.39, 0.29) is 17.7 Å². The molecule has 2 aromatic carbocycles. The summed E-state index contributed by atoms with van der Waals surface area (Å²) in [7, 11) is 0. The molecule has 1 fully saturated rings. The predicted octanol–water partition coefficient (Wildman–Crippen LogP) is 4.37. The van der Waals surface area contributed by atoms with Crippen molar-refractivity contribution in [3.05, 3.63) is 83.8 Å². The molecule has 1 aromatic heterocycles. The number of hydrogen-bond donors (Lipinski definition) is 2. The molecule has 3 aromatic rings. The number of carbonyl (C=O) groups excluding carboxylic acids is 2. The molecule has 0 aliphatic carbocycles. The quantitative estimate of drug-likeness (QED) is 0.624. The maximum absolute atomic E-state index is 12.9. The summed E-state index contributed by atoms with van der Waals surface area (Å²) < 4.78 is 5.25. The van der Waals surface area contributed by atoms with E-state index >= 15 is 0 Å². The molecular formula is C25H27N3O3. The van der Waals surface area contributed by atoms with Crippen LogP contribution in [0.5, 0.6) is 0 Å². The fourth-order valence-electron chi connectivity index (χ4n) is 3.86. The maximum Gasteiger partial charge on any atom is 0.253 e. The second-order valence-electron chi connectivity index (χ2n) is 7.89. The van der Waals surface area contributed by atoms with Gasteiger partial charge in [0.1, 0.15) is 5.76 Å². The van der Waals surface area contributed by atoms with Crippen molar-refractivity contribution in [3.63, 3.8) is 0 Å². The molecule has 31 heavy (non-hydrogen) atoms. The molecule has 6 nitrogen and oxygen atoms in total. The monoisotopic (exact) mass is 417 g/mol. The Morgan fingerprint density at radius 2 is 1.74 bits per heavy atom. The highest BCUT2D eigenvalue weighted by Crippen LogP contribution is 2.25. The van der Waals surface area contributed by atoms with E-state index in [1.807, 2.05) is 6.07 Å². The highest BCUT2D eigenvalue weighted by Gasteiger charge is 2.26. The average Bonchev–Trinajstić information content (AvgIpc) is 3.32. The summed E-state index contributed by atoms with van der Waals surface area (Å²) in [6.45, 7) is 4.06. The molecule has 0 bridgehead atoms. The second-order valence-corrected chi connectivity index (χ2v) is 7.89. The first-order valence-corrected chi connectivity index (χ1v) is 10.6. The van der Waals surface area contributed by atoms with Gasteiger partial charge in [-0.25, -0.2) is 0 Å². The van der Waals surface area contributed by atoms with E-state index in [9.17, 15) is 9.59 Å². The summed E-state index contributed by atoms with van der Waals surface area (Å²) in [6.07, 6.45) is 3.14. The molecule has 2 amide bonds. The number of aryl methyl sites for hydroxylation is 1. The molecule has 1 aliphatic rings. The SMILES string of the molecule is Cc1ccc(N2CCC(C(=O)Nc3ccccc3C(=O)NCc3ccco3)CC2)cc1. The number of amides is 2. The number of nitrogens with one attached hydrogen (secondary N) is 2. The van der Waals surface area contributed by atoms with Crippen LogP contribution in [0.3, 0.4) is 0 Å². The number of carbonyl (C=O) groups is 2. The first-order chi connectivity index (χ1) is 15.1. The summed E-state index contributed by atoms with van der Waals surface area (Å²) >= 11 is 0. The van der Waals surface area contributed by atoms with Gasteiger partial charge < -0.3 is 20.0 Å². The van der Waals surface area contributed by atoms with Crippen LogP contribution in [0.25, 0.3) is 0 Å². The molecule has 6 heteroatoms. The molecule has 2 heterocycles. The van der Waals surface area contributed by atoms with E-state index in [2.05, 4.69) is 46.7 Å². The van der Waals surface area contributed by atoms with Gasteiger partial charge in [-0.05, 0) is 56.2 Å². The van der Waals surface area contributed by atoms with E-state index < -0.39 is 0 Å². The van der Waals surface area contributed by atoms with Crippen molar-refractivity contribution in [3.8, 4) is 0 Å². The van der Waals surface area contributed by atoms with Crippen LogP contribution in [-0.4, -0.2) is 24.9 Å². The van der Waals surface area contributed by atoms with Gasteiger partial charge in [-0.15, -0.1) is 0 Å². The normalized spacial score (nSPS) is 14.3. The molecule has 0 spiro atoms. The van der Waals surface area contributed by atoms with Gasteiger partial charge in [0.15, 0.2) is 0 Å². The third-order valence-electron chi connectivity index (χ3n) is 5.70. The van der Waals surface area contributed by atoms with Gasteiger partial charge in [0, 0.05) is 24.7 Å². The Bertz CT molecular complexity index is 1020. The van der Waals surface area contributed by atoms with E-state index in [1.165, 1.54) is 11.3 Å². The fourth-order valence-corrected chi connectivity index (χ4v) is 3.86. The molecule has 4 rings (SSSR count). The number of anilines is 2. The van der Waals surface area contributed by atoms with Crippen molar-refractivity contribution >= 4 is 23.2 Å². The van der Waals surface area contributed by atoms with Crippen LogP contribution < -0.4 is 15.5 Å². The van der Waals surface area contributed by atoms with Gasteiger partial charge in [-0.2, -0.15) is 0 Å². The Morgan fingerprint density at radius 3 is 2.45 bits per heavy atom. The molecule has 1 aliphatic heterocycles. The molecule has 2 N–H and O–H groups in total. The minimum Gasteiger partial charge on any atom is -0.467 e. The number of furan rings is 1. The summed E-state index contributed by atoms with van der Waals surface area (Å²) in [5.74, 6) is 0.326. The third-order valence-corrected chi connectivity index (χ3v) is 5.70. The average molecular weight is 418 g/mol. The fraction of sp³-hybridized carbons (Fsp3) is 0.280. The van der Waals surface area contributed by atoms with Gasteiger partial charge in [-0.1, -0.05) is 29.8 Å². The molecule has 0 radical (unpaired) electrons. The molecule has 1 saturated heterocycles. The van der Waals surface area contributed by atoms with Crippen LogP contribution in [-0.2, 0) is 11.3 Å². The number of hydrogen-bond acceptors (Lipinski definition) is 4. The molecule has 0 saturated carbocycles. The topological polar surface area (TPSA) is 74.6 Å². The van der Waals surface area contributed by atoms with Crippen LogP contribution >= 0.6 is 0 Å². The Hall–Kier alpha value is -3.54. The second kappa shape index (κ2) is 9.51. The maximum atomic E-state index is 12.9. The number of rotatable bonds is 6. The van der Waals surface area contributed by atoms with Crippen LogP contribution in [0.1, 0.15) is 34.5 Å². The highest BCUT2D eigenvalue weighted by molar-refractivity contribution is 6.04. The van der Waals surface area contributed by atoms with Crippen molar-refractivity contribution in [2.24, 2.45) is 5.92 Å². The zero-order valence-electron chi connectivity index (χ0n) is 17.6. The van der Waals surface area contributed by atoms with Gasteiger partial charge in [-0.3, -0.25) is 9.59 Å². The minimum absolute atomic E-state index is 0.0326. The van der Waals surface area contributed by atoms with Crippen molar-refractivity contribution < 1.29 is 14.0 Å². The molecule has 0 unspecified atom stereocenters. The lowest BCUT2D eigenvalue weighted by atomic mass is 9.95. The molecule has 160 valence electrons. The van der Waals surface area contributed by atoms with Crippen molar-refractivity contribution in [1.82, 2.24) is 5.32 Å². The summed E-state index contributed by atoms with van der Waals surface area (Å²) in [5, 5.41) is 5.81. The Morgan fingerprint density at radius 1 is 1.00 bits per heavy atom. The van der Waals surface area contributed by atoms with Crippen LogP contribution in [0.4, 0.5) is 11.4 Å². The first-order valence-electron chi connectivity index (χ1n) is 10.6. The largest absolute Gasteiger partial charge is 0.467 e. The Balaban J connectivity index is 1.34. The highest BCUT2D eigenvalue weighted by atomic mass is 16.3. The molecular weight excluding hydrogens is 390 g/mol. The summed E-state index contributed by atoms with van der Waals surface area (Å²) in [6, 6.07) is 19.2. The zero-order chi connectivity index (χ0) is 21.6. The van der Waals surface area contributed by atoms with Gasteiger partial charge >= 0.3 is 0 Å². The molecule has 0 atom stereocenters. The summed E-state index contributed by atoms with van der Waals surface area (Å²) in [5.41, 5.74) is 3.41. The lowest BCUT2D eigenvalue weighted by Gasteiger charge is -2.33. The van der Waals surface area contributed by atoms with Crippen LogP contribution in [0, 0.1) is 12.8 Å². The summed E-state index contributed by atoms with van der Waals surface area (Å²) in [4.78, 5) is 27.8. The van der Waals surface area contributed by atoms with Crippen LogP contribution in [0.2, 0.25) is 0 Å². The van der Waals surface area contributed by atoms with Gasteiger partial charge in [0.05, 0.1) is 24.1 Å². The van der Waals surface area contributed by atoms with Gasteiger partial charge in [0.2, 0.25) is 5.91 Å². The smallest absolute Gasteiger partial charge is 0.253 e. The standard InChI is InChI=1S/C25H27N3O3/c1-18-8-10-20(11-9-18)28-14-12-19(13-15-28)24(29)27-23-7-3-2-6-22(23)25(30)26-17-21-5-4-16-31-21/h2-11,16,19H,12-15,17H2,1H3,(H,26,30)(H,27,29). The lowest BCUT2D eigenvalue weighted by Crippen LogP contribution is -2.38. The third kappa shape index (κ3) is 5.15. The predicted molar refractivity (Wildman–Crippen MR) is 121 cm³/mol. The Kier molecular flexibility index (Phi) is 6.36. The number of piperidine rings is 1. The van der Waals surface area contributed by atoms with Crippen LogP contribution in [0.15, 0.2) is 71.3 Å². The lowest BCUT2D eigenvalue weighted by molar-refractivity contribution is -0.120. The Labute approximate surface area is 182 Å². The number of benzene rings is 2. The van der Waals surface area contributed by atoms with E-state index in [0.29, 0.717) is 23.6 Å². The van der Waals surface area contributed by atoms with Crippen molar-refractivity contribution in [1.29, 1.82) is 0 Å². The van der Waals surface area contributed by atoms with Crippen molar-refractivity contribution in [2.45, 2.75) is 26.3 Å². The minimum atomic E-state index is -0.249. The van der Waals surface area contributed by atoms with E-state index in [0.717, 1.165) is 25.9 Å². The first kappa shape index (κ1) is 20.7. The number of para-hydroxylation sites is 1. The van der Waals surface area contributed by atoms with E-state index in [4.69, 9.17) is 4.42 Å².